The van der Waals surface area contributed by atoms with E-state index in [9.17, 15) is 5.26 Å². The van der Waals surface area contributed by atoms with Crippen molar-refractivity contribution < 1.29 is 0 Å². The van der Waals surface area contributed by atoms with Crippen molar-refractivity contribution in [3.05, 3.63) is 35.9 Å². The molecule has 2 aliphatic carbocycles. The van der Waals surface area contributed by atoms with Gasteiger partial charge < -0.3 is 0 Å². The highest BCUT2D eigenvalue weighted by atomic mass is 15.2. The first-order valence-electron chi connectivity index (χ1n) is 7.96. The molecule has 3 unspecified atom stereocenters. The maximum Gasteiger partial charge on any atom is 0.0672 e. The molecule has 0 radical (unpaired) electrons. The van der Waals surface area contributed by atoms with Gasteiger partial charge in [-0.25, -0.2) is 0 Å². The molecular formula is C18H24N2. The molecule has 3 rings (SSSR count). The Hall–Kier alpha value is -1.33. The molecule has 0 spiro atoms. The van der Waals surface area contributed by atoms with Crippen LogP contribution in [0.5, 0.6) is 0 Å². The van der Waals surface area contributed by atoms with Gasteiger partial charge in [0.25, 0.3) is 0 Å². The van der Waals surface area contributed by atoms with Gasteiger partial charge in [0.15, 0.2) is 0 Å². The van der Waals surface area contributed by atoms with Crippen molar-refractivity contribution in [1.29, 1.82) is 5.26 Å². The van der Waals surface area contributed by atoms with E-state index < -0.39 is 0 Å². The second-order valence-electron chi connectivity index (χ2n) is 6.47. The standard InChI is InChI=1S/C18H24N2/c1-20(17-8-5-9-17)18-12-15(10-11-16(18)13-19)14-6-3-2-4-7-14/h2-4,6-7,15-18H,5,8-12H2,1H3. The van der Waals surface area contributed by atoms with Crippen LogP contribution in [0, 0.1) is 17.2 Å². The topological polar surface area (TPSA) is 27.0 Å². The Morgan fingerprint density at radius 1 is 1.10 bits per heavy atom. The van der Waals surface area contributed by atoms with Crippen LogP contribution in [0.25, 0.3) is 0 Å². The Morgan fingerprint density at radius 3 is 2.45 bits per heavy atom. The predicted octanol–water partition coefficient (Wildman–Crippen LogP) is 3.95. The molecule has 0 saturated heterocycles. The van der Waals surface area contributed by atoms with Crippen LogP contribution in [-0.2, 0) is 0 Å². The zero-order valence-corrected chi connectivity index (χ0v) is 12.3. The third kappa shape index (κ3) is 2.60. The summed E-state index contributed by atoms with van der Waals surface area (Å²) in [4.78, 5) is 2.52. The highest BCUT2D eigenvalue weighted by molar-refractivity contribution is 5.21. The molecule has 0 amide bonds. The number of nitrogens with zero attached hydrogens (tertiary/aromatic N) is 2. The molecule has 2 aliphatic rings. The molecule has 0 N–H and O–H groups in total. The largest absolute Gasteiger partial charge is 0.299 e. The zero-order valence-electron chi connectivity index (χ0n) is 12.3. The van der Waals surface area contributed by atoms with Crippen molar-refractivity contribution in [2.75, 3.05) is 7.05 Å². The number of nitriles is 1. The maximum absolute atomic E-state index is 9.46. The second-order valence-corrected chi connectivity index (χ2v) is 6.47. The van der Waals surface area contributed by atoms with Crippen LogP contribution >= 0.6 is 0 Å². The number of hydrogen-bond acceptors (Lipinski definition) is 2. The Balaban J connectivity index is 1.74. The van der Waals surface area contributed by atoms with E-state index in [1.54, 1.807) is 0 Å². The van der Waals surface area contributed by atoms with E-state index in [0.29, 0.717) is 12.0 Å². The zero-order chi connectivity index (χ0) is 13.9. The molecule has 3 atom stereocenters. The van der Waals surface area contributed by atoms with Gasteiger partial charge in [-0.2, -0.15) is 5.26 Å². The Morgan fingerprint density at radius 2 is 1.85 bits per heavy atom. The van der Waals surface area contributed by atoms with Gasteiger partial charge in [0.05, 0.1) is 12.0 Å². The molecule has 0 aromatic heterocycles. The van der Waals surface area contributed by atoms with Crippen molar-refractivity contribution >= 4 is 0 Å². The summed E-state index contributed by atoms with van der Waals surface area (Å²) >= 11 is 0. The molecule has 0 heterocycles. The highest BCUT2D eigenvalue weighted by Crippen LogP contribution is 2.40. The van der Waals surface area contributed by atoms with Crippen molar-refractivity contribution in [2.45, 2.75) is 56.5 Å². The van der Waals surface area contributed by atoms with Gasteiger partial charge in [-0.3, -0.25) is 4.90 Å². The van der Waals surface area contributed by atoms with Crippen molar-refractivity contribution in [3.8, 4) is 6.07 Å². The van der Waals surface area contributed by atoms with Crippen molar-refractivity contribution in [1.82, 2.24) is 4.90 Å². The Labute approximate surface area is 122 Å². The summed E-state index contributed by atoms with van der Waals surface area (Å²) in [5.41, 5.74) is 1.45. The molecule has 2 nitrogen and oxygen atoms in total. The SMILES string of the molecule is CN(C1CCC1)C1CC(c2ccccc2)CCC1C#N. The average Bonchev–Trinajstić information content (AvgIpc) is 2.45. The second kappa shape index (κ2) is 5.97. The van der Waals surface area contributed by atoms with Gasteiger partial charge in [0.2, 0.25) is 0 Å². The molecular weight excluding hydrogens is 244 g/mol. The minimum Gasteiger partial charge on any atom is -0.299 e. The lowest BCUT2D eigenvalue weighted by atomic mass is 9.74. The molecule has 0 aliphatic heterocycles. The third-order valence-electron chi connectivity index (χ3n) is 5.43. The van der Waals surface area contributed by atoms with E-state index in [1.807, 2.05) is 0 Å². The minimum atomic E-state index is 0.223. The van der Waals surface area contributed by atoms with Crippen LogP contribution < -0.4 is 0 Å². The lowest BCUT2D eigenvalue weighted by Crippen LogP contribution is -2.49. The van der Waals surface area contributed by atoms with Crippen molar-refractivity contribution in [2.24, 2.45) is 5.92 Å². The van der Waals surface area contributed by atoms with Crippen LogP contribution in [0.1, 0.15) is 50.0 Å². The summed E-state index contributed by atoms with van der Waals surface area (Å²) in [6, 6.07) is 14.6. The number of benzene rings is 1. The van der Waals surface area contributed by atoms with Crippen molar-refractivity contribution in [3.63, 3.8) is 0 Å². The van der Waals surface area contributed by atoms with Crippen LogP contribution in [0.2, 0.25) is 0 Å². The third-order valence-corrected chi connectivity index (χ3v) is 5.43. The normalized spacial score (nSPS) is 30.8. The molecule has 0 bridgehead atoms. The summed E-state index contributed by atoms with van der Waals surface area (Å²) in [6.07, 6.45) is 7.37. The lowest BCUT2D eigenvalue weighted by Gasteiger charge is -2.45. The van der Waals surface area contributed by atoms with Gasteiger partial charge in [-0.05, 0) is 50.6 Å². The predicted molar refractivity (Wildman–Crippen MR) is 81.3 cm³/mol. The van der Waals surface area contributed by atoms with Crippen LogP contribution in [0.4, 0.5) is 0 Å². The van der Waals surface area contributed by atoms with E-state index in [0.717, 1.165) is 25.3 Å². The average molecular weight is 268 g/mol. The number of hydrogen-bond donors (Lipinski definition) is 0. The summed E-state index contributed by atoms with van der Waals surface area (Å²) < 4.78 is 0. The van der Waals surface area contributed by atoms with Gasteiger partial charge >= 0.3 is 0 Å². The minimum absolute atomic E-state index is 0.223. The fourth-order valence-corrected chi connectivity index (χ4v) is 3.84. The Bertz CT molecular complexity index is 472. The number of rotatable bonds is 3. The fraction of sp³-hybridized carbons (Fsp3) is 0.611. The molecule has 106 valence electrons. The lowest BCUT2D eigenvalue weighted by molar-refractivity contribution is 0.0629. The first kappa shape index (κ1) is 13.6. The van der Waals surface area contributed by atoms with E-state index in [-0.39, 0.29) is 5.92 Å². The first-order chi connectivity index (χ1) is 9.79. The summed E-state index contributed by atoms with van der Waals surface area (Å²) in [6.45, 7) is 0. The van der Waals surface area contributed by atoms with E-state index in [4.69, 9.17) is 0 Å². The molecule has 1 aromatic rings. The van der Waals surface area contributed by atoms with Crippen LogP contribution in [0.15, 0.2) is 30.3 Å². The summed E-state index contributed by atoms with van der Waals surface area (Å²) in [5.74, 6) is 0.855. The van der Waals surface area contributed by atoms with E-state index in [1.165, 1.54) is 24.8 Å². The van der Waals surface area contributed by atoms with E-state index in [2.05, 4.69) is 48.3 Å². The summed E-state index contributed by atoms with van der Waals surface area (Å²) in [5, 5.41) is 9.46. The van der Waals surface area contributed by atoms with Gasteiger partial charge in [-0.1, -0.05) is 36.8 Å². The van der Waals surface area contributed by atoms with E-state index >= 15 is 0 Å². The van der Waals surface area contributed by atoms with Gasteiger partial charge in [0, 0.05) is 12.1 Å². The highest BCUT2D eigenvalue weighted by Gasteiger charge is 2.37. The Kier molecular flexibility index (Phi) is 4.08. The van der Waals surface area contributed by atoms with Crippen LogP contribution in [0.3, 0.4) is 0 Å². The monoisotopic (exact) mass is 268 g/mol. The molecule has 20 heavy (non-hydrogen) atoms. The molecule has 2 heteroatoms. The smallest absolute Gasteiger partial charge is 0.0672 e. The first-order valence-corrected chi connectivity index (χ1v) is 7.96. The quantitative estimate of drug-likeness (QED) is 0.830. The summed E-state index contributed by atoms with van der Waals surface area (Å²) in [7, 11) is 2.24. The van der Waals surface area contributed by atoms with Crippen LogP contribution in [-0.4, -0.2) is 24.0 Å². The molecule has 1 aromatic carbocycles. The van der Waals surface area contributed by atoms with Gasteiger partial charge in [0.1, 0.15) is 0 Å². The van der Waals surface area contributed by atoms with Gasteiger partial charge in [-0.15, -0.1) is 0 Å². The maximum atomic E-state index is 9.46. The molecule has 2 fully saturated rings. The molecule has 2 saturated carbocycles. The fourth-order valence-electron chi connectivity index (χ4n) is 3.84.